The van der Waals surface area contributed by atoms with Gasteiger partial charge in [-0.15, -0.1) is 0 Å². The van der Waals surface area contributed by atoms with Gasteiger partial charge in [-0.25, -0.2) is 23.3 Å². The summed E-state index contributed by atoms with van der Waals surface area (Å²) in [5.41, 5.74) is 0.931. The fourth-order valence-electron chi connectivity index (χ4n) is 4.01. The summed E-state index contributed by atoms with van der Waals surface area (Å²) in [6, 6.07) is 8.92. The number of likely N-dealkylation sites (N-methyl/N-ethyl adjacent to an activating group) is 1. The summed E-state index contributed by atoms with van der Waals surface area (Å²) in [5, 5.41) is 10.3. The monoisotopic (exact) mass is 605 g/mol. The second-order valence-corrected chi connectivity index (χ2v) is 10.3. The van der Waals surface area contributed by atoms with Crippen LogP contribution in [0, 0.1) is 11.6 Å². The molecule has 0 saturated heterocycles. The van der Waals surface area contributed by atoms with Crippen LogP contribution in [-0.4, -0.2) is 73.2 Å². The van der Waals surface area contributed by atoms with Crippen molar-refractivity contribution in [2.24, 2.45) is 0 Å². The van der Waals surface area contributed by atoms with Gasteiger partial charge in [-0.1, -0.05) is 13.0 Å². The van der Waals surface area contributed by atoms with Crippen LogP contribution in [0.25, 0.3) is 10.9 Å². The molecule has 4 aromatic rings. The van der Waals surface area contributed by atoms with E-state index in [9.17, 15) is 18.1 Å². The van der Waals surface area contributed by atoms with E-state index in [1.807, 2.05) is 17.9 Å². The van der Waals surface area contributed by atoms with Crippen LogP contribution >= 0.6 is 7.82 Å². The van der Waals surface area contributed by atoms with Crippen molar-refractivity contribution in [1.82, 2.24) is 24.6 Å². The number of phosphoric ester groups is 1. The van der Waals surface area contributed by atoms with E-state index in [1.165, 1.54) is 29.3 Å². The van der Waals surface area contributed by atoms with Crippen LogP contribution < -0.4 is 15.4 Å². The molecule has 0 aliphatic carbocycles. The number of hydrogen-bond donors (Lipinski definition) is 4. The second kappa shape index (κ2) is 14.2. The molecule has 2 heterocycles. The Morgan fingerprint density at radius 2 is 1.98 bits per heavy atom. The minimum absolute atomic E-state index is 0.0619. The molecule has 0 fully saturated rings. The van der Waals surface area contributed by atoms with Gasteiger partial charge >= 0.3 is 7.82 Å². The zero-order valence-corrected chi connectivity index (χ0v) is 23.5. The summed E-state index contributed by atoms with van der Waals surface area (Å²) in [6.45, 7) is 3.86. The van der Waals surface area contributed by atoms with Crippen LogP contribution in [0.5, 0.6) is 5.75 Å². The number of carbonyl (C=O) groups excluding carboxylic acids is 1. The maximum atomic E-state index is 13.8. The average molecular weight is 606 g/mol. The van der Waals surface area contributed by atoms with Gasteiger partial charge in [-0.2, -0.15) is 5.10 Å². The van der Waals surface area contributed by atoms with Gasteiger partial charge in [0.15, 0.2) is 11.6 Å². The molecule has 224 valence electrons. The quantitative estimate of drug-likeness (QED) is 0.115. The van der Waals surface area contributed by atoms with Crippen LogP contribution in [0.4, 0.5) is 26.0 Å². The fraction of sp³-hybridized carbons (Fsp3) is 0.308. The Kier molecular flexibility index (Phi) is 10.5. The number of nitrogens with zero attached hydrogens (tertiary/aromatic N) is 5. The van der Waals surface area contributed by atoms with Gasteiger partial charge in [0.1, 0.15) is 24.4 Å². The van der Waals surface area contributed by atoms with Crippen molar-refractivity contribution < 1.29 is 37.2 Å². The number of halogens is 2. The van der Waals surface area contributed by atoms with Crippen molar-refractivity contribution in [2.45, 2.75) is 19.9 Å². The highest BCUT2D eigenvalue weighted by Crippen LogP contribution is 2.35. The van der Waals surface area contributed by atoms with Crippen molar-refractivity contribution in [2.75, 3.05) is 43.5 Å². The molecule has 2 aromatic heterocycles. The van der Waals surface area contributed by atoms with E-state index in [4.69, 9.17) is 14.5 Å². The van der Waals surface area contributed by atoms with Crippen LogP contribution in [0.2, 0.25) is 0 Å². The number of rotatable bonds is 15. The number of carbonyl (C=O) groups is 1. The van der Waals surface area contributed by atoms with E-state index < -0.39 is 25.4 Å². The Morgan fingerprint density at radius 1 is 1.14 bits per heavy atom. The lowest BCUT2D eigenvalue weighted by molar-refractivity contribution is -0.116. The standard InChI is InChI=1S/C26H30F2N7O6P/c1-2-34(10-12-41-42(37,38)39)9-4-11-40-19-7-8-20-23(13-19)29-17-30-26(20)32-18-14-31-35(15-18)16-24(36)33-22-6-3-5-21(27)25(22)28/h3,5-8,13-15,17H,2,4,9-12,16H2,1H3,(H,33,36)(H,29,30,32)(H2,37,38,39). The Bertz CT molecular complexity index is 1570. The Labute approximate surface area is 239 Å². The van der Waals surface area contributed by atoms with E-state index >= 15 is 0 Å². The van der Waals surface area contributed by atoms with Crippen LogP contribution in [-0.2, 0) is 20.4 Å². The molecular formula is C26H30F2N7O6P. The number of ether oxygens (including phenoxy) is 1. The van der Waals surface area contributed by atoms with Gasteiger partial charge in [0.25, 0.3) is 0 Å². The lowest BCUT2D eigenvalue weighted by Gasteiger charge is -2.20. The van der Waals surface area contributed by atoms with Gasteiger partial charge in [0.05, 0.1) is 36.3 Å². The molecule has 16 heteroatoms. The molecule has 0 saturated carbocycles. The summed E-state index contributed by atoms with van der Waals surface area (Å²) >= 11 is 0. The van der Waals surface area contributed by atoms with Gasteiger partial charge in [-0.3, -0.25) is 14.0 Å². The molecule has 0 atom stereocenters. The van der Waals surface area contributed by atoms with Crippen LogP contribution in [0.1, 0.15) is 13.3 Å². The lowest BCUT2D eigenvalue weighted by Crippen LogP contribution is -2.29. The summed E-state index contributed by atoms with van der Waals surface area (Å²) in [6.07, 6.45) is 5.17. The smallest absolute Gasteiger partial charge is 0.469 e. The molecule has 2 aromatic carbocycles. The van der Waals surface area contributed by atoms with Crippen molar-refractivity contribution in [1.29, 1.82) is 0 Å². The number of anilines is 3. The minimum Gasteiger partial charge on any atom is -0.493 e. The number of aromatic nitrogens is 4. The third-order valence-corrected chi connectivity index (χ3v) is 6.56. The molecule has 4 rings (SSSR count). The zero-order valence-electron chi connectivity index (χ0n) is 22.6. The fourth-order valence-corrected chi connectivity index (χ4v) is 4.33. The molecule has 1 amide bonds. The van der Waals surface area contributed by atoms with Gasteiger partial charge in [-0.05, 0) is 37.2 Å². The average Bonchev–Trinajstić information content (AvgIpc) is 3.38. The lowest BCUT2D eigenvalue weighted by atomic mass is 10.2. The topological polar surface area (TPSA) is 164 Å². The Hall–Kier alpha value is -4.01. The van der Waals surface area contributed by atoms with E-state index in [0.29, 0.717) is 55.4 Å². The predicted molar refractivity (Wildman–Crippen MR) is 150 cm³/mol. The molecule has 0 radical (unpaired) electrons. The highest BCUT2D eigenvalue weighted by molar-refractivity contribution is 7.46. The maximum absolute atomic E-state index is 13.8. The molecule has 42 heavy (non-hydrogen) atoms. The Morgan fingerprint density at radius 3 is 2.76 bits per heavy atom. The van der Waals surface area contributed by atoms with E-state index in [-0.39, 0.29) is 18.8 Å². The van der Waals surface area contributed by atoms with Crippen molar-refractivity contribution in [3.8, 4) is 5.75 Å². The molecule has 0 bridgehead atoms. The number of fused-ring (bicyclic) bond motifs is 1. The van der Waals surface area contributed by atoms with Crippen molar-refractivity contribution in [3.05, 3.63) is 66.8 Å². The number of amides is 1. The first-order valence-electron chi connectivity index (χ1n) is 12.9. The van der Waals surface area contributed by atoms with Gasteiger partial charge < -0.3 is 30.1 Å². The van der Waals surface area contributed by atoms with E-state index in [1.54, 1.807) is 18.3 Å². The number of nitrogens with one attached hydrogen (secondary N) is 2. The third-order valence-electron chi connectivity index (χ3n) is 6.04. The van der Waals surface area contributed by atoms with E-state index in [2.05, 4.69) is 30.2 Å². The highest BCUT2D eigenvalue weighted by atomic mass is 31.2. The van der Waals surface area contributed by atoms with Crippen LogP contribution in [0.3, 0.4) is 0 Å². The largest absolute Gasteiger partial charge is 0.493 e. The molecular weight excluding hydrogens is 575 g/mol. The summed E-state index contributed by atoms with van der Waals surface area (Å²) in [7, 11) is -4.47. The second-order valence-electron chi connectivity index (χ2n) is 9.06. The molecule has 4 N–H and O–H groups in total. The molecule has 0 aliphatic rings. The summed E-state index contributed by atoms with van der Waals surface area (Å²) < 4.78 is 49.7. The summed E-state index contributed by atoms with van der Waals surface area (Å²) in [4.78, 5) is 40.5. The zero-order chi connectivity index (χ0) is 30.1. The third kappa shape index (κ3) is 8.99. The normalized spacial score (nSPS) is 11.7. The SMILES string of the molecule is CCN(CCCOc1ccc2c(Nc3cnn(CC(=O)Nc4cccc(F)c4F)c3)ncnc2c1)CCOP(=O)(O)O. The molecule has 0 aliphatic heterocycles. The number of benzene rings is 2. The van der Waals surface area contributed by atoms with Crippen molar-refractivity contribution in [3.63, 3.8) is 0 Å². The maximum Gasteiger partial charge on any atom is 0.469 e. The number of hydrogen-bond acceptors (Lipinski definition) is 9. The first kappa shape index (κ1) is 30.9. The minimum atomic E-state index is -4.47. The Balaban J connectivity index is 1.29. The molecule has 0 unspecified atom stereocenters. The van der Waals surface area contributed by atoms with Gasteiger partial charge in [0.2, 0.25) is 5.91 Å². The van der Waals surface area contributed by atoms with E-state index in [0.717, 1.165) is 11.5 Å². The van der Waals surface area contributed by atoms with Gasteiger partial charge in [0, 0.05) is 30.7 Å². The molecule has 0 spiro atoms. The summed E-state index contributed by atoms with van der Waals surface area (Å²) in [5.74, 6) is -1.64. The first-order chi connectivity index (χ1) is 20.1. The number of phosphoric acid groups is 1. The first-order valence-corrected chi connectivity index (χ1v) is 14.5. The van der Waals surface area contributed by atoms with Crippen LogP contribution in [0.15, 0.2) is 55.1 Å². The predicted octanol–water partition coefficient (Wildman–Crippen LogP) is 3.69. The molecule has 13 nitrogen and oxygen atoms in total. The van der Waals surface area contributed by atoms with Crippen molar-refractivity contribution >= 4 is 41.8 Å². The highest BCUT2D eigenvalue weighted by Gasteiger charge is 2.15.